The Bertz CT molecular complexity index is 2560. The van der Waals surface area contributed by atoms with E-state index in [1.807, 2.05) is 121 Å². The highest BCUT2D eigenvalue weighted by atomic mass is 32.2. The molecule has 17 heteroatoms. The highest BCUT2D eigenvalue weighted by molar-refractivity contribution is 7.89. The number of nitrogens with zero attached hydrogens (tertiary/aromatic N) is 7. The van der Waals surface area contributed by atoms with E-state index in [9.17, 15) is 16.8 Å². The molecule has 6 aromatic rings. The van der Waals surface area contributed by atoms with Gasteiger partial charge in [-0.05, 0) is 117 Å². The van der Waals surface area contributed by atoms with Gasteiger partial charge in [0.25, 0.3) is 20.0 Å². The minimum atomic E-state index is -3.85. The summed E-state index contributed by atoms with van der Waals surface area (Å²) in [4.78, 5) is 2.03. The van der Waals surface area contributed by atoms with Gasteiger partial charge in [0.1, 0.15) is 23.0 Å². The third kappa shape index (κ3) is 11.7. The summed E-state index contributed by atoms with van der Waals surface area (Å²) in [5.74, 6) is 2.91. The largest absolute Gasteiger partial charge is 0.497 e. The van der Waals surface area contributed by atoms with Crippen LogP contribution in [0.5, 0.6) is 23.0 Å². The summed E-state index contributed by atoms with van der Waals surface area (Å²) in [7, 11) is 2.74. The van der Waals surface area contributed by atoms with Gasteiger partial charge in [-0.25, -0.2) is 16.8 Å². The first-order chi connectivity index (χ1) is 30.8. The molecule has 2 aliphatic carbocycles. The fourth-order valence-electron chi connectivity index (χ4n) is 7.07. The summed E-state index contributed by atoms with van der Waals surface area (Å²) < 4.78 is 82.1. The maximum Gasteiger partial charge on any atom is 0.263 e. The van der Waals surface area contributed by atoms with E-state index in [2.05, 4.69) is 10.2 Å². The van der Waals surface area contributed by atoms with E-state index < -0.39 is 20.0 Å². The van der Waals surface area contributed by atoms with Crippen molar-refractivity contribution in [1.82, 2.24) is 33.1 Å². The number of hydrogen-bond acceptors (Lipinski definition) is 11. The third-order valence-electron chi connectivity index (χ3n) is 10.9. The molecule has 2 saturated carbocycles. The second-order valence-corrected chi connectivity index (χ2v) is 20.0. The Morgan fingerprint density at radius 1 is 0.500 bits per heavy atom. The monoisotopic (exact) mass is 911 g/mol. The maximum atomic E-state index is 13.9. The standard InChI is InChI=1S/C25H32N4O4S.C22H25N3O4S/c1-27(2)18-22-15-25(26-29(22)21-9-10-21)34(30,31)28(16-19-5-11-23(32-3)12-6-19)17-20-7-13-24(33-4)14-8-20;1-28-20-9-3-17(4-10-20)15-24(16-18-5-11-21(29-2)12-6-18)30(26,27)22-13-14-25(23-22)19-7-8-19/h5-8,11-15,21H,9-10,16-18H2,1-4H3;3-6,9-14,19H,7-8,15-16H2,1-2H3. The zero-order valence-electron chi connectivity index (χ0n) is 37.2. The predicted octanol–water partition coefficient (Wildman–Crippen LogP) is 7.31. The van der Waals surface area contributed by atoms with Gasteiger partial charge in [0.05, 0.1) is 46.2 Å². The van der Waals surface area contributed by atoms with Crippen LogP contribution in [0, 0.1) is 0 Å². The first kappa shape index (κ1) is 46.3. The first-order valence-electron chi connectivity index (χ1n) is 21.1. The minimum absolute atomic E-state index is 0.0800. The molecule has 0 bridgehead atoms. The van der Waals surface area contributed by atoms with Crippen molar-refractivity contribution < 1.29 is 35.8 Å². The quantitative estimate of drug-likeness (QED) is 0.0759. The molecule has 0 N–H and O–H groups in total. The van der Waals surface area contributed by atoms with Gasteiger partial charge in [0.2, 0.25) is 0 Å². The summed E-state index contributed by atoms with van der Waals surface area (Å²) in [5.41, 5.74) is 4.39. The zero-order valence-corrected chi connectivity index (χ0v) is 38.8. The summed E-state index contributed by atoms with van der Waals surface area (Å²) in [6.45, 7) is 1.54. The van der Waals surface area contributed by atoms with Crippen molar-refractivity contribution in [2.75, 3.05) is 42.5 Å². The molecule has 0 spiro atoms. The molecule has 8 rings (SSSR count). The van der Waals surface area contributed by atoms with Crippen molar-refractivity contribution in [1.29, 1.82) is 0 Å². The Morgan fingerprint density at radius 3 is 1.19 bits per heavy atom. The van der Waals surface area contributed by atoms with Crippen LogP contribution in [0.2, 0.25) is 0 Å². The average molecular weight is 912 g/mol. The molecule has 2 aliphatic rings. The van der Waals surface area contributed by atoms with Gasteiger partial charge in [-0.2, -0.15) is 18.8 Å². The fourth-order valence-corrected chi connectivity index (χ4v) is 9.78. The molecule has 4 aromatic carbocycles. The molecule has 0 atom stereocenters. The lowest BCUT2D eigenvalue weighted by atomic mass is 10.2. The molecule has 0 amide bonds. The van der Waals surface area contributed by atoms with Crippen LogP contribution in [0.4, 0.5) is 0 Å². The molecule has 2 fully saturated rings. The van der Waals surface area contributed by atoms with Crippen molar-refractivity contribution in [2.45, 2.75) is 80.5 Å². The Morgan fingerprint density at radius 2 is 0.859 bits per heavy atom. The molecule has 0 saturated heterocycles. The van der Waals surface area contributed by atoms with E-state index in [1.165, 1.54) is 8.61 Å². The third-order valence-corrected chi connectivity index (χ3v) is 14.3. The highest BCUT2D eigenvalue weighted by Gasteiger charge is 2.34. The molecule has 2 aromatic heterocycles. The number of sulfonamides is 2. The summed E-state index contributed by atoms with van der Waals surface area (Å²) in [5, 5.41) is 9.10. The first-order valence-corrected chi connectivity index (χ1v) is 24.0. The smallest absolute Gasteiger partial charge is 0.263 e. The number of benzene rings is 4. The van der Waals surface area contributed by atoms with E-state index in [0.29, 0.717) is 12.6 Å². The molecular formula is C47H57N7O8S2. The predicted molar refractivity (Wildman–Crippen MR) is 243 cm³/mol. The molecule has 15 nitrogen and oxygen atoms in total. The van der Waals surface area contributed by atoms with E-state index in [1.54, 1.807) is 51.5 Å². The van der Waals surface area contributed by atoms with Crippen molar-refractivity contribution >= 4 is 20.0 Å². The Labute approximate surface area is 376 Å². The van der Waals surface area contributed by atoms with Gasteiger partial charge in [-0.3, -0.25) is 9.36 Å². The lowest BCUT2D eigenvalue weighted by Crippen LogP contribution is -2.30. The average Bonchev–Trinajstić information content (AvgIpc) is 4.25. The number of rotatable bonds is 20. The van der Waals surface area contributed by atoms with Gasteiger partial charge in [0, 0.05) is 45.0 Å². The molecule has 0 aliphatic heterocycles. The van der Waals surface area contributed by atoms with Crippen LogP contribution >= 0.6 is 0 Å². The molecule has 64 heavy (non-hydrogen) atoms. The van der Waals surface area contributed by atoms with Crippen molar-refractivity contribution in [3.8, 4) is 23.0 Å². The minimum Gasteiger partial charge on any atom is -0.497 e. The molecule has 340 valence electrons. The maximum absolute atomic E-state index is 13.9. The van der Waals surface area contributed by atoms with Crippen LogP contribution in [0.3, 0.4) is 0 Å². The van der Waals surface area contributed by atoms with Crippen LogP contribution in [0.15, 0.2) is 125 Å². The van der Waals surface area contributed by atoms with Crippen molar-refractivity contribution in [2.24, 2.45) is 0 Å². The fraction of sp³-hybridized carbons (Fsp3) is 0.362. The Balaban J connectivity index is 0.000000193. The lowest BCUT2D eigenvalue weighted by Gasteiger charge is -2.21. The number of methoxy groups -OCH3 is 4. The molecular weight excluding hydrogens is 855 g/mol. The van der Waals surface area contributed by atoms with Gasteiger partial charge in [0.15, 0.2) is 10.1 Å². The van der Waals surface area contributed by atoms with Crippen LogP contribution in [-0.4, -0.2) is 92.4 Å². The molecule has 0 unspecified atom stereocenters. The summed E-state index contributed by atoms with van der Waals surface area (Å²) in [6.07, 6.45) is 5.90. The summed E-state index contributed by atoms with van der Waals surface area (Å²) in [6, 6.07) is 33.6. The molecule has 0 radical (unpaired) electrons. The second-order valence-electron chi connectivity index (χ2n) is 16.2. The highest BCUT2D eigenvalue weighted by Crippen LogP contribution is 2.37. The van der Waals surface area contributed by atoms with Crippen molar-refractivity contribution in [3.05, 3.63) is 143 Å². The normalized spacial score (nSPS) is 14.1. The number of aromatic nitrogens is 4. The van der Waals surface area contributed by atoms with E-state index >= 15 is 0 Å². The van der Waals surface area contributed by atoms with Crippen LogP contribution in [0.1, 0.15) is 65.7 Å². The van der Waals surface area contributed by atoms with Crippen LogP contribution < -0.4 is 18.9 Å². The SMILES string of the molecule is COc1ccc(CN(Cc2ccc(OC)cc2)S(=O)(=O)c2cc(CN(C)C)n(C3CC3)n2)cc1.COc1ccc(CN(Cc2ccc(OC)cc2)S(=O)(=O)c2ccn(C3CC3)n2)cc1. The van der Waals surface area contributed by atoms with Gasteiger partial charge in [-0.15, -0.1) is 0 Å². The van der Waals surface area contributed by atoms with Crippen LogP contribution in [-0.2, 0) is 52.8 Å². The van der Waals surface area contributed by atoms with E-state index in [-0.39, 0.29) is 42.3 Å². The summed E-state index contributed by atoms with van der Waals surface area (Å²) >= 11 is 0. The lowest BCUT2D eigenvalue weighted by molar-refractivity contribution is 0.381. The van der Waals surface area contributed by atoms with Gasteiger partial charge < -0.3 is 23.8 Å². The molecule has 2 heterocycles. The Hall–Kier alpha value is -5.72. The number of ether oxygens (including phenoxy) is 4. The van der Waals surface area contributed by atoms with E-state index in [0.717, 1.165) is 76.6 Å². The van der Waals surface area contributed by atoms with Crippen molar-refractivity contribution in [3.63, 3.8) is 0 Å². The van der Waals surface area contributed by atoms with E-state index in [4.69, 9.17) is 18.9 Å². The van der Waals surface area contributed by atoms with Gasteiger partial charge >= 0.3 is 0 Å². The Kier molecular flexibility index (Phi) is 14.8. The number of hydrogen-bond donors (Lipinski definition) is 0. The topological polar surface area (TPSA) is 151 Å². The van der Waals surface area contributed by atoms with Gasteiger partial charge in [-0.1, -0.05) is 48.5 Å². The van der Waals surface area contributed by atoms with Crippen LogP contribution in [0.25, 0.3) is 0 Å². The zero-order chi connectivity index (χ0) is 45.4. The second kappa shape index (κ2) is 20.4.